The lowest BCUT2D eigenvalue weighted by Crippen LogP contribution is -2.05. The smallest absolute Gasteiger partial charge is 0.144 e. The molecule has 0 spiro atoms. The van der Waals surface area contributed by atoms with Gasteiger partial charge in [0.25, 0.3) is 0 Å². The molecule has 6 heteroatoms. The fourth-order valence-electron chi connectivity index (χ4n) is 1.76. The SMILES string of the molecule is CCOc1cc(NCCCc2ncn[nH]2)ccc1N. The molecule has 102 valence electrons. The van der Waals surface area contributed by atoms with Crippen LogP contribution in [0.1, 0.15) is 19.2 Å². The van der Waals surface area contributed by atoms with Gasteiger partial charge in [-0.3, -0.25) is 5.10 Å². The summed E-state index contributed by atoms with van der Waals surface area (Å²) in [5, 5.41) is 9.99. The van der Waals surface area contributed by atoms with Crippen LogP contribution in [-0.4, -0.2) is 28.3 Å². The van der Waals surface area contributed by atoms with Gasteiger partial charge in [-0.1, -0.05) is 0 Å². The van der Waals surface area contributed by atoms with Crippen LogP contribution in [0, 0.1) is 0 Å². The lowest BCUT2D eigenvalue weighted by Gasteiger charge is -2.10. The number of aryl methyl sites for hydroxylation is 1. The third-order valence-corrected chi connectivity index (χ3v) is 2.70. The Labute approximate surface area is 112 Å². The maximum Gasteiger partial charge on any atom is 0.144 e. The summed E-state index contributed by atoms with van der Waals surface area (Å²) in [6, 6.07) is 5.73. The molecule has 0 amide bonds. The van der Waals surface area contributed by atoms with Crippen LogP contribution >= 0.6 is 0 Å². The molecule has 1 aromatic heterocycles. The van der Waals surface area contributed by atoms with Crippen LogP contribution in [0.25, 0.3) is 0 Å². The topological polar surface area (TPSA) is 88.8 Å². The lowest BCUT2D eigenvalue weighted by molar-refractivity contribution is 0.342. The number of ether oxygens (including phenoxy) is 1. The molecular weight excluding hydrogens is 242 g/mol. The van der Waals surface area contributed by atoms with Gasteiger partial charge in [0, 0.05) is 24.7 Å². The highest BCUT2D eigenvalue weighted by molar-refractivity contribution is 5.61. The van der Waals surface area contributed by atoms with Gasteiger partial charge >= 0.3 is 0 Å². The van der Waals surface area contributed by atoms with E-state index in [1.165, 1.54) is 6.33 Å². The summed E-state index contributed by atoms with van der Waals surface area (Å²) in [5.41, 5.74) is 7.49. The molecular formula is C13H19N5O. The van der Waals surface area contributed by atoms with Gasteiger partial charge in [0.15, 0.2) is 0 Å². The summed E-state index contributed by atoms with van der Waals surface area (Å²) in [7, 11) is 0. The van der Waals surface area contributed by atoms with Gasteiger partial charge in [-0.05, 0) is 25.5 Å². The average molecular weight is 261 g/mol. The molecule has 0 saturated carbocycles. The molecule has 6 nitrogen and oxygen atoms in total. The highest BCUT2D eigenvalue weighted by Crippen LogP contribution is 2.25. The fraction of sp³-hybridized carbons (Fsp3) is 0.385. The number of anilines is 2. The minimum Gasteiger partial charge on any atom is -0.492 e. The standard InChI is InChI=1S/C13H19N5O/c1-2-19-12-8-10(5-6-11(12)14)15-7-3-4-13-16-9-17-18-13/h5-6,8-9,15H,2-4,7,14H2,1H3,(H,16,17,18). The van der Waals surface area contributed by atoms with Crippen molar-refractivity contribution in [2.75, 3.05) is 24.2 Å². The minimum atomic E-state index is 0.610. The Hall–Kier alpha value is -2.24. The number of hydrogen-bond donors (Lipinski definition) is 3. The normalized spacial score (nSPS) is 10.4. The lowest BCUT2D eigenvalue weighted by atomic mass is 10.2. The molecule has 0 fully saturated rings. The molecule has 2 aromatic rings. The Morgan fingerprint density at radius 1 is 1.42 bits per heavy atom. The van der Waals surface area contributed by atoms with E-state index in [1.807, 2.05) is 25.1 Å². The highest BCUT2D eigenvalue weighted by atomic mass is 16.5. The number of rotatable bonds is 7. The van der Waals surface area contributed by atoms with Crippen molar-refractivity contribution < 1.29 is 4.74 Å². The zero-order chi connectivity index (χ0) is 13.5. The van der Waals surface area contributed by atoms with Gasteiger partial charge in [-0.15, -0.1) is 0 Å². The summed E-state index contributed by atoms with van der Waals surface area (Å²) < 4.78 is 5.45. The van der Waals surface area contributed by atoms with E-state index in [-0.39, 0.29) is 0 Å². The van der Waals surface area contributed by atoms with Gasteiger partial charge in [0.2, 0.25) is 0 Å². The predicted octanol–water partition coefficient (Wildman–Crippen LogP) is 1.83. The zero-order valence-corrected chi connectivity index (χ0v) is 11.0. The molecule has 0 saturated heterocycles. The average Bonchev–Trinajstić information content (AvgIpc) is 2.92. The number of aromatic amines is 1. The van der Waals surface area contributed by atoms with Crippen LogP contribution in [0.15, 0.2) is 24.5 Å². The number of nitrogens with one attached hydrogen (secondary N) is 2. The van der Waals surface area contributed by atoms with Crippen molar-refractivity contribution in [3.63, 3.8) is 0 Å². The number of hydrogen-bond acceptors (Lipinski definition) is 5. The molecule has 1 heterocycles. The Balaban J connectivity index is 1.80. The van der Waals surface area contributed by atoms with Crippen LogP contribution in [-0.2, 0) is 6.42 Å². The van der Waals surface area contributed by atoms with Crippen LogP contribution < -0.4 is 15.8 Å². The maximum absolute atomic E-state index is 5.82. The van der Waals surface area contributed by atoms with E-state index in [2.05, 4.69) is 20.5 Å². The van der Waals surface area contributed by atoms with Crippen molar-refractivity contribution in [3.05, 3.63) is 30.4 Å². The van der Waals surface area contributed by atoms with Gasteiger partial charge in [-0.25, -0.2) is 4.98 Å². The Bertz CT molecular complexity index is 498. The predicted molar refractivity (Wildman–Crippen MR) is 75.2 cm³/mol. The molecule has 0 aliphatic heterocycles. The minimum absolute atomic E-state index is 0.610. The first-order valence-electron chi connectivity index (χ1n) is 6.40. The Morgan fingerprint density at radius 2 is 2.32 bits per heavy atom. The largest absolute Gasteiger partial charge is 0.492 e. The number of H-pyrrole nitrogens is 1. The zero-order valence-electron chi connectivity index (χ0n) is 11.0. The summed E-state index contributed by atoms with van der Waals surface area (Å²) in [6.07, 6.45) is 3.38. The maximum atomic E-state index is 5.82. The van der Waals surface area contributed by atoms with Gasteiger partial charge in [0.1, 0.15) is 17.9 Å². The molecule has 0 aliphatic carbocycles. The fourth-order valence-corrected chi connectivity index (χ4v) is 1.76. The van der Waals surface area contributed by atoms with Crippen molar-refractivity contribution >= 4 is 11.4 Å². The van der Waals surface area contributed by atoms with E-state index in [0.29, 0.717) is 12.3 Å². The number of nitrogens with zero attached hydrogens (tertiary/aromatic N) is 2. The van der Waals surface area contributed by atoms with E-state index in [9.17, 15) is 0 Å². The van der Waals surface area contributed by atoms with Crippen molar-refractivity contribution in [2.24, 2.45) is 0 Å². The van der Waals surface area contributed by atoms with E-state index >= 15 is 0 Å². The van der Waals surface area contributed by atoms with Crippen molar-refractivity contribution in [1.82, 2.24) is 15.2 Å². The summed E-state index contributed by atoms with van der Waals surface area (Å²) >= 11 is 0. The third-order valence-electron chi connectivity index (χ3n) is 2.70. The monoisotopic (exact) mass is 261 g/mol. The molecule has 0 aliphatic rings. The Morgan fingerprint density at radius 3 is 3.05 bits per heavy atom. The van der Waals surface area contributed by atoms with Crippen molar-refractivity contribution in [3.8, 4) is 5.75 Å². The van der Waals surface area contributed by atoms with Crippen molar-refractivity contribution in [2.45, 2.75) is 19.8 Å². The molecule has 0 unspecified atom stereocenters. The van der Waals surface area contributed by atoms with Crippen LogP contribution in [0.3, 0.4) is 0 Å². The number of nitrogen functional groups attached to an aromatic ring is 1. The van der Waals surface area contributed by atoms with Crippen LogP contribution in [0.4, 0.5) is 11.4 Å². The number of aromatic nitrogens is 3. The van der Waals surface area contributed by atoms with E-state index in [4.69, 9.17) is 10.5 Å². The molecule has 2 rings (SSSR count). The number of nitrogens with two attached hydrogens (primary N) is 1. The summed E-state index contributed by atoms with van der Waals surface area (Å²) in [6.45, 7) is 3.41. The molecule has 19 heavy (non-hydrogen) atoms. The molecule has 0 bridgehead atoms. The highest BCUT2D eigenvalue weighted by Gasteiger charge is 2.01. The van der Waals surface area contributed by atoms with Gasteiger partial charge in [0.05, 0.1) is 12.3 Å². The van der Waals surface area contributed by atoms with Gasteiger partial charge in [-0.2, -0.15) is 5.10 Å². The summed E-state index contributed by atoms with van der Waals surface area (Å²) in [5.74, 6) is 1.64. The first kappa shape index (κ1) is 13.2. The summed E-state index contributed by atoms with van der Waals surface area (Å²) in [4.78, 5) is 4.08. The first-order chi connectivity index (χ1) is 9.29. The van der Waals surface area contributed by atoms with Crippen LogP contribution in [0.2, 0.25) is 0 Å². The van der Waals surface area contributed by atoms with E-state index in [1.54, 1.807) is 0 Å². The quantitative estimate of drug-likeness (QED) is 0.522. The first-order valence-corrected chi connectivity index (χ1v) is 6.40. The van der Waals surface area contributed by atoms with Crippen molar-refractivity contribution in [1.29, 1.82) is 0 Å². The molecule has 0 atom stereocenters. The second-order valence-corrected chi connectivity index (χ2v) is 4.15. The van der Waals surface area contributed by atoms with E-state index < -0.39 is 0 Å². The van der Waals surface area contributed by atoms with Gasteiger partial charge < -0.3 is 15.8 Å². The van der Waals surface area contributed by atoms with Crippen LogP contribution in [0.5, 0.6) is 5.75 Å². The molecule has 1 aromatic carbocycles. The second-order valence-electron chi connectivity index (χ2n) is 4.15. The number of benzene rings is 1. The third kappa shape index (κ3) is 3.87. The molecule has 0 radical (unpaired) electrons. The second kappa shape index (κ2) is 6.63. The molecule has 4 N–H and O–H groups in total. The van der Waals surface area contributed by atoms with E-state index in [0.717, 1.165) is 36.6 Å². The Kier molecular flexibility index (Phi) is 4.60.